The molecule has 1 saturated heterocycles. The standard InChI is InChI=1S/C12H18N4OS/c1-16-5-3-4-8(16)7-15-12-11(17-2)10(14)9(6-13)18-12/h8,15H,3-5,7,14H2,1-2H3. The van der Waals surface area contributed by atoms with E-state index in [1.807, 2.05) is 0 Å². The van der Waals surface area contributed by atoms with Crippen LogP contribution in [0.4, 0.5) is 10.7 Å². The molecule has 1 fully saturated rings. The van der Waals surface area contributed by atoms with E-state index in [-0.39, 0.29) is 0 Å². The molecule has 2 rings (SSSR count). The summed E-state index contributed by atoms with van der Waals surface area (Å²) in [5, 5.41) is 13.2. The molecular weight excluding hydrogens is 248 g/mol. The average Bonchev–Trinajstić information content (AvgIpc) is 2.90. The number of nitrogen functional groups attached to an aromatic ring is 1. The highest BCUT2D eigenvalue weighted by atomic mass is 32.1. The summed E-state index contributed by atoms with van der Waals surface area (Å²) in [7, 11) is 3.71. The van der Waals surface area contributed by atoms with Gasteiger partial charge in [-0.15, -0.1) is 11.3 Å². The number of hydrogen-bond donors (Lipinski definition) is 2. The van der Waals surface area contributed by atoms with Crippen LogP contribution in [0.2, 0.25) is 0 Å². The number of nitrogens with one attached hydrogen (secondary N) is 1. The first-order valence-corrected chi connectivity index (χ1v) is 6.79. The van der Waals surface area contributed by atoms with Gasteiger partial charge in [-0.1, -0.05) is 0 Å². The van der Waals surface area contributed by atoms with Crippen molar-refractivity contribution in [3.63, 3.8) is 0 Å². The van der Waals surface area contributed by atoms with Gasteiger partial charge in [0.15, 0.2) is 5.75 Å². The van der Waals surface area contributed by atoms with Crippen molar-refractivity contribution in [3.05, 3.63) is 4.88 Å². The second-order valence-electron chi connectivity index (χ2n) is 4.48. The van der Waals surface area contributed by atoms with Crippen LogP contribution in [0.5, 0.6) is 5.75 Å². The second kappa shape index (κ2) is 5.46. The average molecular weight is 266 g/mol. The van der Waals surface area contributed by atoms with Gasteiger partial charge in [-0.05, 0) is 26.4 Å². The van der Waals surface area contributed by atoms with Crippen molar-refractivity contribution in [1.82, 2.24) is 4.90 Å². The molecule has 1 aromatic heterocycles. The molecule has 0 spiro atoms. The van der Waals surface area contributed by atoms with Crippen LogP contribution in [-0.4, -0.2) is 38.2 Å². The smallest absolute Gasteiger partial charge is 0.177 e. The summed E-state index contributed by atoms with van der Waals surface area (Å²) in [6, 6.07) is 2.64. The molecule has 18 heavy (non-hydrogen) atoms. The maximum absolute atomic E-state index is 8.96. The number of nitrogens with zero attached hydrogens (tertiary/aromatic N) is 2. The lowest BCUT2D eigenvalue weighted by Crippen LogP contribution is -2.31. The van der Waals surface area contributed by atoms with Crippen molar-refractivity contribution in [3.8, 4) is 11.8 Å². The second-order valence-corrected chi connectivity index (χ2v) is 5.50. The molecule has 6 heteroatoms. The minimum atomic E-state index is 0.437. The highest BCUT2D eigenvalue weighted by molar-refractivity contribution is 7.17. The fourth-order valence-electron chi connectivity index (χ4n) is 2.28. The number of likely N-dealkylation sites (N-methyl/N-ethyl adjacent to an activating group) is 1. The van der Waals surface area contributed by atoms with Crippen LogP contribution < -0.4 is 15.8 Å². The van der Waals surface area contributed by atoms with Gasteiger partial charge in [-0.25, -0.2) is 0 Å². The Morgan fingerprint density at radius 2 is 2.44 bits per heavy atom. The van der Waals surface area contributed by atoms with Crippen molar-refractivity contribution in [2.45, 2.75) is 18.9 Å². The molecule has 0 aliphatic carbocycles. The summed E-state index contributed by atoms with van der Waals surface area (Å²) in [6.07, 6.45) is 2.45. The van der Waals surface area contributed by atoms with Crippen molar-refractivity contribution in [2.24, 2.45) is 0 Å². The molecule has 0 amide bonds. The number of methoxy groups -OCH3 is 1. The summed E-state index contributed by atoms with van der Waals surface area (Å²) >= 11 is 1.35. The van der Waals surface area contributed by atoms with Crippen LogP contribution in [-0.2, 0) is 0 Å². The predicted molar refractivity (Wildman–Crippen MR) is 74.1 cm³/mol. The number of likely N-dealkylation sites (tertiary alicyclic amines) is 1. The Morgan fingerprint density at radius 3 is 3.00 bits per heavy atom. The van der Waals surface area contributed by atoms with Crippen molar-refractivity contribution < 1.29 is 4.74 Å². The fourth-order valence-corrected chi connectivity index (χ4v) is 3.17. The van der Waals surface area contributed by atoms with Crippen molar-refractivity contribution >= 4 is 22.0 Å². The third-order valence-corrected chi connectivity index (χ3v) is 4.42. The monoisotopic (exact) mass is 266 g/mol. The van der Waals surface area contributed by atoms with Gasteiger partial charge in [-0.3, -0.25) is 0 Å². The van der Waals surface area contributed by atoms with Crippen LogP contribution in [0.1, 0.15) is 17.7 Å². The lowest BCUT2D eigenvalue weighted by molar-refractivity contribution is 0.322. The summed E-state index contributed by atoms with van der Waals surface area (Å²) < 4.78 is 5.26. The molecule has 1 aliphatic rings. The van der Waals surface area contributed by atoms with Crippen molar-refractivity contribution in [1.29, 1.82) is 5.26 Å². The summed E-state index contributed by atoms with van der Waals surface area (Å²) in [4.78, 5) is 2.86. The maximum Gasteiger partial charge on any atom is 0.177 e. The Labute approximate surface area is 111 Å². The highest BCUT2D eigenvalue weighted by Crippen LogP contribution is 2.42. The molecule has 2 heterocycles. The summed E-state index contributed by atoms with van der Waals surface area (Å²) in [6.45, 7) is 2.01. The molecule has 0 saturated carbocycles. The molecule has 1 aliphatic heterocycles. The third-order valence-electron chi connectivity index (χ3n) is 3.38. The van der Waals surface area contributed by atoms with E-state index in [1.54, 1.807) is 7.11 Å². The van der Waals surface area contributed by atoms with E-state index in [9.17, 15) is 0 Å². The van der Waals surface area contributed by atoms with Gasteiger partial charge in [0.05, 0.1) is 7.11 Å². The van der Waals surface area contributed by atoms with E-state index in [0.29, 0.717) is 22.4 Å². The molecule has 0 aromatic carbocycles. The highest BCUT2D eigenvalue weighted by Gasteiger charge is 2.22. The Bertz CT molecular complexity index is 465. The molecule has 0 radical (unpaired) electrons. The predicted octanol–water partition coefficient (Wildman–Crippen LogP) is 1.72. The normalized spacial score (nSPS) is 19.7. The third kappa shape index (κ3) is 2.37. The van der Waals surface area contributed by atoms with Gasteiger partial charge in [0.2, 0.25) is 0 Å². The van der Waals surface area contributed by atoms with E-state index in [0.717, 1.165) is 18.1 Å². The molecule has 0 bridgehead atoms. The zero-order valence-electron chi connectivity index (χ0n) is 10.7. The van der Waals surface area contributed by atoms with Crippen LogP contribution in [0.3, 0.4) is 0 Å². The van der Waals surface area contributed by atoms with E-state index < -0.39 is 0 Å². The summed E-state index contributed by atoms with van der Waals surface area (Å²) in [5.41, 5.74) is 6.29. The zero-order valence-corrected chi connectivity index (χ0v) is 11.5. The SMILES string of the molecule is COc1c(NCC2CCCN2C)sc(C#N)c1N. The van der Waals surface area contributed by atoms with Crippen LogP contribution in [0.15, 0.2) is 0 Å². The molecule has 3 N–H and O–H groups in total. The van der Waals surface area contributed by atoms with E-state index in [1.165, 1.54) is 24.2 Å². The molecule has 5 nitrogen and oxygen atoms in total. The first kappa shape index (κ1) is 13.0. The number of thiophene rings is 1. The van der Waals surface area contributed by atoms with Gasteiger partial charge in [-0.2, -0.15) is 5.26 Å². The van der Waals surface area contributed by atoms with Crippen LogP contribution in [0, 0.1) is 11.3 Å². The van der Waals surface area contributed by atoms with Gasteiger partial charge in [0.25, 0.3) is 0 Å². The largest absolute Gasteiger partial charge is 0.492 e. The lowest BCUT2D eigenvalue weighted by Gasteiger charge is -2.20. The maximum atomic E-state index is 8.96. The van der Waals surface area contributed by atoms with Gasteiger partial charge in [0, 0.05) is 12.6 Å². The fraction of sp³-hybridized carbons (Fsp3) is 0.583. The van der Waals surface area contributed by atoms with Crippen LogP contribution in [0.25, 0.3) is 0 Å². The topological polar surface area (TPSA) is 74.3 Å². The Balaban J connectivity index is 2.07. The summed E-state index contributed by atoms with van der Waals surface area (Å²) in [5.74, 6) is 0.595. The molecule has 1 atom stereocenters. The van der Waals surface area contributed by atoms with E-state index in [4.69, 9.17) is 15.7 Å². The zero-order chi connectivity index (χ0) is 13.1. The molecule has 1 unspecified atom stereocenters. The number of nitriles is 1. The van der Waals surface area contributed by atoms with Gasteiger partial charge in [0.1, 0.15) is 21.6 Å². The molecular formula is C12H18N4OS. The lowest BCUT2D eigenvalue weighted by atomic mass is 10.2. The number of anilines is 2. The van der Waals surface area contributed by atoms with Gasteiger partial charge >= 0.3 is 0 Å². The van der Waals surface area contributed by atoms with Crippen LogP contribution >= 0.6 is 11.3 Å². The first-order valence-electron chi connectivity index (χ1n) is 5.97. The Kier molecular flexibility index (Phi) is 3.94. The minimum absolute atomic E-state index is 0.437. The number of hydrogen-bond acceptors (Lipinski definition) is 6. The molecule has 98 valence electrons. The number of ether oxygens (including phenoxy) is 1. The van der Waals surface area contributed by atoms with E-state index >= 15 is 0 Å². The first-order chi connectivity index (χ1) is 8.67. The molecule has 1 aromatic rings. The number of rotatable bonds is 4. The quantitative estimate of drug-likeness (QED) is 0.868. The van der Waals surface area contributed by atoms with Crippen molar-refractivity contribution in [2.75, 3.05) is 38.3 Å². The Morgan fingerprint density at radius 1 is 1.67 bits per heavy atom. The van der Waals surface area contributed by atoms with E-state index in [2.05, 4.69) is 23.3 Å². The van der Waals surface area contributed by atoms with Gasteiger partial charge < -0.3 is 20.7 Å². The minimum Gasteiger partial charge on any atom is -0.492 e. The number of nitrogens with two attached hydrogens (primary N) is 1. The Hall–Kier alpha value is -1.45.